The summed E-state index contributed by atoms with van der Waals surface area (Å²) >= 11 is 1.76. The third-order valence-electron chi connectivity index (χ3n) is 6.87. The van der Waals surface area contributed by atoms with Crippen molar-refractivity contribution in [1.29, 1.82) is 0 Å². The molecule has 1 aliphatic heterocycles. The van der Waals surface area contributed by atoms with E-state index < -0.39 is 0 Å². The lowest BCUT2D eigenvalue weighted by Crippen LogP contribution is -2.33. The van der Waals surface area contributed by atoms with E-state index in [0.29, 0.717) is 6.04 Å². The number of hydrogen-bond acceptors (Lipinski definition) is 5. The van der Waals surface area contributed by atoms with Gasteiger partial charge in [-0.25, -0.2) is 4.98 Å². The number of anilines is 1. The number of benzene rings is 1. The Morgan fingerprint density at radius 2 is 1.93 bits per heavy atom. The van der Waals surface area contributed by atoms with Gasteiger partial charge in [0.1, 0.15) is 0 Å². The molecular weight excluding hydrogens is 378 g/mol. The maximum Gasteiger partial charge on any atom is 0.185 e. The highest BCUT2D eigenvalue weighted by molar-refractivity contribution is 7.14. The number of thiazole rings is 1. The first-order valence-electron chi connectivity index (χ1n) is 11.0. The Balaban J connectivity index is 1.52. The summed E-state index contributed by atoms with van der Waals surface area (Å²) in [4.78, 5) is 7.40. The molecule has 2 aliphatic rings. The van der Waals surface area contributed by atoms with Crippen molar-refractivity contribution in [3.8, 4) is 11.3 Å². The van der Waals surface area contributed by atoms with Gasteiger partial charge in [0, 0.05) is 36.7 Å². The summed E-state index contributed by atoms with van der Waals surface area (Å²) in [6.07, 6.45) is 4.44. The van der Waals surface area contributed by atoms with Crippen LogP contribution in [0.25, 0.3) is 11.3 Å². The smallest absolute Gasteiger partial charge is 0.185 e. The molecule has 0 saturated carbocycles. The van der Waals surface area contributed by atoms with E-state index >= 15 is 0 Å². The second-order valence-corrected chi connectivity index (χ2v) is 10.8. The SMILES string of the molecule is CC1(C)CCC(C)(C)c2cc(-c3csc(N4CCC(NCCCO)C4)n3)ccc21. The van der Waals surface area contributed by atoms with Gasteiger partial charge in [-0.3, -0.25) is 0 Å². The quantitative estimate of drug-likeness (QED) is 0.674. The van der Waals surface area contributed by atoms with Gasteiger partial charge in [0.15, 0.2) is 5.13 Å². The van der Waals surface area contributed by atoms with Crippen LogP contribution in [0.2, 0.25) is 0 Å². The Morgan fingerprint density at radius 3 is 2.69 bits per heavy atom. The lowest BCUT2D eigenvalue weighted by molar-refractivity contribution is 0.284. The predicted molar refractivity (Wildman–Crippen MR) is 123 cm³/mol. The highest BCUT2D eigenvalue weighted by Gasteiger charge is 2.37. The van der Waals surface area contributed by atoms with Crippen molar-refractivity contribution in [1.82, 2.24) is 10.3 Å². The molecule has 1 aromatic heterocycles. The summed E-state index contributed by atoms with van der Waals surface area (Å²) in [5.41, 5.74) is 5.82. The van der Waals surface area contributed by atoms with E-state index in [0.717, 1.165) is 43.3 Å². The van der Waals surface area contributed by atoms with Crippen LogP contribution in [0.15, 0.2) is 23.6 Å². The van der Waals surface area contributed by atoms with Crippen molar-refractivity contribution in [3.63, 3.8) is 0 Å². The zero-order chi connectivity index (χ0) is 20.6. The second kappa shape index (κ2) is 8.01. The normalized spacial score (nSPS) is 22.7. The molecule has 5 heteroatoms. The van der Waals surface area contributed by atoms with Crippen molar-refractivity contribution in [3.05, 3.63) is 34.7 Å². The Hall–Kier alpha value is -1.43. The molecular formula is C24H35N3OS. The minimum Gasteiger partial charge on any atom is -0.396 e. The lowest BCUT2D eigenvalue weighted by atomic mass is 9.63. The first-order valence-corrected chi connectivity index (χ1v) is 11.9. The summed E-state index contributed by atoms with van der Waals surface area (Å²) < 4.78 is 0. The molecule has 1 aliphatic carbocycles. The number of aliphatic hydroxyl groups excluding tert-OH is 1. The summed E-state index contributed by atoms with van der Waals surface area (Å²) in [5, 5.41) is 15.8. The number of nitrogens with one attached hydrogen (secondary N) is 1. The van der Waals surface area contributed by atoms with Gasteiger partial charge in [-0.2, -0.15) is 0 Å². The van der Waals surface area contributed by atoms with Crippen molar-refractivity contribution in [2.75, 3.05) is 31.1 Å². The van der Waals surface area contributed by atoms with Crippen molar-refractivity contribution in [2.24, 2.45) is 0 Å². The van der Waals surface area contributed by atoms with Crippen molar-refractivity contribution in [2.45, 2.75) is 70.3 Å². The van der Waals surface area contributed by atoms with E-state index in [9.17, 15) is 0 Å². The molecule has 1 aromatic carbocycles. The molecule has 0 spiro atoms. The van der Waals surface area contributed by atoms with E-state index in [-0.39, 0.29) is 17.4 Å². The van der Waals surface area contributed by atoms with E-state index in [1.165, 1.54) is 29.5 Å². The Kier molecular flexibility index (Phi) is 5.75. The lowest BCUT2D eigenvalue weighted by Gasteiger charge is -2.42. The van der Waals surface area contributed by atoms with E-state index in [4.69, 9.17) is 10.1 Å². The van der Waals surface area contributed by atoms with E-state index in [2.05, 4.69) is 61.5 Å². The molecule has 1 fully saturated rings. The predicted octanol–water partition coefficient (Wildman–Crippen LogP) is 4.71. The zero-order valence-corrected chi connectivity index (χ0v) is 19.1. The van der Waals surface area contributed by atoms with Gasteiger partial charge >= 0.3 is 0 Å². The van der Waals surface area contributed by atoms with Gasteiger partial charge < -0.3 is 15.3 Å². The van der Waals surface area contributed by atoms with Crippen LogP contribution in [-0.2, 0) is 10.8 Å². The Labute approximate surface area is 179 Å². The summed E-state index contributed by atoms with van der Waals surface area (Å²) in [6, 6.07) is 7.52. The first kappa shape index (κ1) is 20.8. The summed E-state index contributed by atoms with van der Waals surface area (Å²) in [5.74, 6) is 0. The average molecular weight is 414 g/mol. The zero-order valence-electron chi connectivity index (χ0n) is 18.3. The van der Waals surface area contributed by atoms with E-state index in [1.807, 2.05) is 0 Å². The topological polar surface area (TPSA) is 48.4 Å². The molecule has 0 bridgehead atoms. The maximum atomic E-state index is 8.96. The molecule has 1 atom stereocenters. The molecule has 0 radical (unpaired) electrons. The largest absolute Gasteiger partial charge is 0.396 e. The molecule has 2 N–H and O–H groups in total. The molecule has 2 aromatic rings. The number of aromatic nitrogens is 1. The molecule has 158 valence electrons. The number of aliphatic hydroxyl groups is 1. The van der Waals surface area contributed by atoms with Gasteiger partial charge in [-0.05, 0) is 60.3 Å². The molecule has 4 nitrogen and oxygen atoms in total. The van der Waals surface area contributed by atoms with Gasteiger partial charge in [0.25, 0.3) is 0 Å². The van der Waals surface area contributed by atoms with Crippen molar-refractivity contribution >= 4 is 16.5 Å². The van der Waals surface area contributed by atoms with Crippen LogP contribution in [0, 0.1) is 0 Å². The van der Waals surface area contributed by atoms with Crippen LogP contribution >= 0.6 is 11.3 Å². The fraction of sp³-hybridized carbons (Fsp3) is 0.625. The van der Waals surface area contributed by atoms with Crippen LogP contribution in [0.5, 0.6) is 0 Å². The second-order valence-electron chi connectivity index (χ2n) is 10.0. The third-order valence-corrected chi connectivity index (χ3v) is 7.77. The molecule has 2 heterocycles. The fourth-order valence-electron chi connectivity index (χ4n) is 4.78. The minimum atomic E-state index is 0.224. The van der Waals surface area contributed by atoms with Crippen LogP contribution in [0.4, 0.5) is 5.13 Å². The molecule has 1 saturated heterocycles. The first-order chi connectivity index (χ1) is 13.8. The maximum absolute atomic E-state index is 8.96. The number of hydrogen-bond donors (Lipinski definition) is 2. The van der Waals surface area contributed by atoms with Crippen LogP contribution < -0.4 is 10.2 Å². The van der Waals surface area contributed by atoms with Gasteiger partial charge in [0.2, 0.25) is 0 Å². The average Bonchev–Trinajstić information content (AvgIpc) is 3.35. The van der Waals surface area contributed by atoms with Crippen LogP contribution in [0.3, 0.4) is 0 Å². The monoisotopic (exact) mass is 413 g/mol. The Morgan fingerprint density at radius 1 is 1.17 bits per heavy atom. The number of rotatable bonds is 6. The minimum absolute atomic E-state index is 0.224. The third kappa shape index (κ3) is 4.23. The van der Waals surface area contributed by atoms with E-state index in [1.54, 1.807) is 11.3 Å². The van der Waals surface area contributed by atoms with Crippen LogP contribution in [-0.4, -0.2) is 42.4 Å². The molecule has 0 amide bonds. The summed E-state index contributed by atoms with van der Waals surface area (Å²) in [7, 11) is 0. The van der Waals surface area contributed by atoms with Gasteiger partial charge in [-0.15, -0.1) is 11.3 Å². The Bertz CT molecular complexity index is 858. The van der Waals surface area contributed by atoms with Gasteiger partial charge in [-0.1, -0.05) is 39.8 Å². The van der Waals surface area contributed by atoms with Crippen molar-refractivity contribution < 1.29 is 5.11 Å². The number of nitrogens with zero attached hydrogens (tertiary/aromatic N) is 2. The fourth-order valence-corrected chi connectivity index (χ4v) is 5.65. The van der Waals surface area contributed by atoms with Gasteiger partial charge in [0.05, 0.1) is 5.69 Å². The molecule has 4 rings (SSSR count). The standard InChI is InChI=1S/C24H35N3OS/c1-23(2)9-10-24(3,4)20-14-17(6-7-19(20)23)21-16-29-22(26-21)27-12-8-18(15-27)25-11-5-13-28/h6-7,14,16,18,25,28H,5,8-13,15H2,1-4H3. The highest BCUT2D eigenvalue weighted by Crippen LogP contribution is 2.46. The molecule has 1 unspecified atom stereocenters. The van der Waals surface area contributed by atoms with Crippen LogP contribution in [0.1, 0.15) is 64.5 Å². The summed E-state index contributed by atoms with van der Waals surface area (Å²) in [6.45, 7) is 12.7. The number of fused-ring (bicyclic) bond motifs is 1. The highest BCUT2D eigenvalue weighted by atomic mass is 32.1. The molecule has 29 heavy (non-hydrogen) atoms.